The number of anilines is 1. The molecular weight excluding hydrogens is 258 g/mol. The molecule has 0 aliphatic heterocycles. The molecule has 6 nitrogen and oxygen atoms in total. The number of carboxylic acids is 1. The Bertz CT molecular complexity index is 586. The summed E-state index contributed by atoms with van der Waals surface area (Å²) < 4.78 is 0. The molecule has 2 aromatic rings. The Balaban J connectivity index is 2.24. The summed E-state index contributed by atoms with van der Waals surface area (Å²) in [6.45, 7) is 1.69. The third-order valence-electron chi connectivity index (χ3n) is 3.01. The molecular formula is C14H15N3O3. The van der Waals surface area contributed by atoms with Crippen molar-refractivity contribution in [1.82, 2.24) is 10.2 Å². The van der Waals surface area contributed by atoms with Crippen LogP contribution in [0.1, 0.15) is 23.0 Å². The highest BCUT2D eigenvalue weighted by molar-refractivity contribution is 5.85. The zero-order valence-corrected chi connectivity index (χ0v) is 10.9. The zero-order chi connectivity index (χ0) is 14.6. The van der Waals surface area contributed by atoms with Gasteiger partial charge in [0.2, 0.25) is 0 Å². The normalized spacial score (nSPS) is 13.5. The van der Waals surface area contributed by atoms with Crippen LogP contribution in [0, 0.1) is 0 Å². The van der Waals surface area contributed by atoms with Gasteiger partial charge in [-0.05, 0) is 24.6 Å². The van der Waals surface area contributed by atoms with Gasteiger partial charge in [-0.25, -0.2) is 4.79 Å². The number of hydrogen-bond donors (Lipinski definition) is 3. The molecule has 1 heterocycles. The molecule has 104 valence electrons. The second-order valence-corrected chi connectivity index (χ2v) is 4.59. The van der Waals surface area contributed by atoms with Crippen molar-refractivity contribution in [3.8, 4) is 0 Å². The van der Waals surface area contributed by atoms with Gasteiger partial charge in [-0.1, -0.05) is 30.3 Å². The van der Waals surface area contributed by atoms with Crippen LogP contribution in [0.3, 0.4) is 0 Å². The van der Waals surface area contributed by atoms with Crippen LogP contribution < -0.4 is 5.32 Å². The van der Waals surface area contributed by atoms with Gasteiger partial charge in [0.1, 0.15) is 5.82 Å². The van der Waals surface area contributed by atoms with E-state index in [1.165, 1.54) is 12.1 Å². The summed E-state index contributed by atoms with van der Waals surface area (Å²) in [4.78, 5) is 10.7. The van der Waals surface area contributed by atoms with Gasteiger partial charge in [0.15, 0.2) is 5.69 Å². The van der Waals surface area contributed by atoms with E-state index >= 15 is 0 Å². The lowest BCUT2D eigenvalue weighted by Crippen LogP contribution is -2.36. The van der Waals surface area contributed by atoms with Crippen molar-refractivity contribution in [2.75, 3.05) is 11.9 Å². The van der Waals surface area contributed by atoms with Crippen LogP contribution >= 0.6 is 0 Å². The summed E-state index contributed by atoms with van der Waals surface area (Å²) >= 11 is 0. The van der Waals surface area contributed by atoms with E-state index in [0.29, 0.717) is 5.82 Å². The molecule has 1 atom stereocenters. The number of nitrogens with zero attached hydrogens (tertiary/aromatic N) is 2. The van der Waals surface area contributed by atoms with Crippen LogP contribution in [0.2, 0.25) is 0 Å². The molecule has 3 N–H and O–H groups in total. The highest BCUT2D eigenvalue weighted by Gasteiger charge is 2.26. The first-order valence-corrected chi connectivity index (χ1v) is 6.07. The monoisotopic (exact) mass is 273 g/mol. The molecule has 0 aliphatic carbocycles. The number of carbonyl (C=O) groups is 1. The van der Waals surface area contributed by atoms with Crippen molar-refractivity contribution in [2.45, 2.75) is 12.5 Å². The second kappa shape index (κ2) is 5.66. The summed E-state index contributed by atoms with van der Waals surface area (Å²) in [6.07, 6.45) is 0. The first-order valence-electron chi connectivity index (χ1n) is 6.07. The van der Waals surface area contributed by atoms with Gasteiger partial charge in [0, 0.05) is 0 Å². The van der Waals surface area contributed by atoms with Gasteiger partial charge < -0.3 is 15.5 Å². The number of aliphatic hydroxyl groups is 1. The van der Waals surface area contributed by atoms with Crippen LogP contribution in [-0.4, -0.2) is 33.0 Å². The third-order valence-corrected chi connectivity index (χ3v) is 3.01. The number of carboxylic acid groups (broad SMARTS) is 1. The Kier molecular flexibility index (Phi) is 3.95. The molecule has 1 unspecified atom stereocenters. The number of rotatable bonds is 5. The van der Waals surface area contributed by atoms with E-state index in [1.54, 1.807) is 0 Å². The molecule has 0 bridgehead atoms. The lowest BCUT2D eigenvalue weighted by atomic mass is 9.93. The largest absolute Gasteiger partial charge is 0.476 e. The van der Waals surface area contributed by atoms with Crippen LogP contribution in [0.15, 0.2) is 42.5 Å². The SMILES string of the molecule is CC(CO)(Nc1ccc(C(=O)O)nn1)c1ccccc1. The average Bonchev–Trinajstić information content (AvgIpc) is 2.48. The fourth-order valence-electron chi connectivity index (χ4n) is 1.80. The van der Waals surface area contributed by atoms with Gasteiger partial charge in [0.25, 0.3) is 0 Å². The summed E-state index contributed by atoms with van der Waals surface area (Å²) in [5, 5.41) is 28.9. The van der Waals surface area contributed by atoms with Gasteiger partial charge in [0.05, 0.1) is 12.1 Å². The van der Waals surface area contributed by atoms with Crippen LogP contribution in [-0.2, 0) is 5.54 Å². The Labute approximate surface area is 116 Å². The Morgan fingerprint density at radius 3 is 2.40 bits per heavy atom. The lowest BCUT2D eigenvalue weighted by Gasteiger charge is -2.29. The van der Waals surface area contributed by atoms with E-state index in [9.17, 15) is 9.90 Å². The fourth-order valence-corrected chi connectivity index (χ4v) is 1.80. The molecule has 0 saturated heterocycles. The molecule has 0 spiro atoms. The van der Waals surface area contributed by atoms with Gasteiger partial charge in [-0.2, -0.15) is 0 Å². The zero-order valence-electron chi connectivity index (χ0n) is 10.9. The minimum absolute atomic E-state index is 0.124. The summed E-state index contributed by atoms with van der Waals surface area (Å²) in [7, 11) is 0. The molecule has 0 amide bonds. The summed E-state index contributed by atoms with van der Waals surface area (Å²) in [6, 6.07) is 12.3. The average molecular weight is 273 g/mol. The molecule has 0 radical (unpaired) electrons. The van der Waals surface area contributed by atoms with E-state index in [2.05, 4.69) is 15.5 Å². The summed E-state index contributed by atoms with van der Waals surface area (Å²) in [5.41, 5.74) is 0.0494. The van der Waals surface area contributed by atoms with E-state index < -0.39 is 11.5 Å². The van der Waals surface area contributed by atoms with Crippen molar-refractivity contribution in [3.05, 3.63) is 53.7 Å². The Hall–Kier alpha value is -2.47. The van der Waals surface area contributed by atoms with Crippen LogP contribution in [0.5, 0.6) is 0 Å². The highest BCUT2D eigenvalue weighted by atomic mass is 16.4. The maximum absolute atomic E-state index is 10.7. The predicted octanol–water partition coefficient (Wildman–Crippen LogP) is 1.49. The number of aromatic carboxylic acids is 1. The van der Waals surface area contributed by atoms with Gasteiger partial charge >= 0.3 is 5.97 Å². The molecule has 0 fully saturated rings. The maximum atomic E-state index is 10.7. The van der Waals surface area contributed by atoms with Crippen molar-refractivity contribution < 1.29 is 15.0 Å². The number of benzene rings is 1. The van der Waals surface area contributed by atoms with Crippen molar-refractivity contribution in [1.29, 1.82) is 0 Å². The highest BCUT2D eigenvalue weighted by Crippen LogP contribution is 2.24. The van der Waals surface area contributed by atoms with Crippen LogP contribution in [0.25, 0.3) is 0 Å². The standard InChI is InChI=1S/C14H15N3O3/c1-14(9-18,10-5-3-2-4-6-10)15-12-8-7-11(13(19)20)16-17-12/h2-8,18H,9H2,1H3,(H,15,17)(H,19,20). The van der Waals surface area contributed by atoms with E-state index in [4.69, 9.17) is 5.11 Å². The quantitative estimate of drug-likeness (QED) is 0.764. The number of nitrogens with one attached hydrogen (secondary N) is 1. The fraction of sp³-hybridized carbons (Fsp3) is 0.214. The van der Waals surface area contributed by atoms with E-state index in [-0.39, 0.29) is 12.3 Å². The van der Waals surface area contributed by atoms with Gasteiger partial charge in [-0.3, -0.25) is 0 Å². The molecule has 1 aromatic heterocycles. The first-order chi connectivity index (χ1) is 9.55. The minimum Gasteiger partial charge on any atom is -0.476 e. The number of aromatic nitrogens is 2. The lowest BCUT2D eigenvalue weighted by molar-refractivity contribution is 0.0689. The number of aliphatic hydroxyl groups excluding tert-OH is 1. The smallest absolute Gasteiger partial charge is 0.356 e. The molecule has 0 saturated carbocycles. The predicted molar refractivity (Wildman–Crippen MR) is 73.5 cm³/mol. The molecule has 1 aromatic carbocycles. The second-order valence-electron chi connectivity index (χ2n) is 4.59. The van der Waals surface area contributed by atoms with Crippen molar-refractivity contribution in [2.24, 2.45) is 0 Å². The van der Waals surface area contributed by atoms with Crippen LogP contribution in [0.4, 0.5) is 5.82 Å². The molecule has 0 aliphatic rings. The minimum atomic E-state index is -1.13. The third kappa shape index (κ3) is 2.92. The Morgan fingerprint density at radius 1 is 1.20 bits per heavy atom. The molecule has 20 heavy (non-hydrogen) atoms. The molecule has 6 heteroatoms. The van der Waals surface area contributed by atoms with Crippen molar-refractivity contribution in [3.63, 3.8) is 0 Å². The van der Waals surface area contributed by atoms with Gasteiger partial charge in [-0.15, -0.1) is 10.2 Å². The number of hydrogen-bond acceptors (Lipinski definition) is 5. The summed E-state index contributed by atoms with van der Waals surface area (Å²) in [5.74, 6) is -0.729. The molecule has 2 rings (SSSR count). The maximum Gasteiger partial charge on any atom is 0.356 e. The van der Waals surface area contributed by atoms with E-state index in [0.717, 1.165) is 5.56 Å². The Morgan fingerprint density at radius 2 is 1.90 bits per heavy atom. The first kappa shape index (κ1) is 14.0. The van der Waals surface area contributed by atoms with Crippen molar-refractivity contribution >= 4 is 11.8 Å². The van der Waals surface area contributed by atoms with E-state index in [1.807, 2.05) is 37.3 Å². The topological polar surface area (TPSA) is 95.3 Å².